The highest BCUT2D eigenvalue weighted by Crippen LogP contribution is 2.36. The van der Waals surface area contributed by atoms with E-state index >= 15 is 0 Å². The van der Waals surface area contributed by atoms with E-state index in [9.17, 15) is 14.4 Å². The summed E-state index contributed by atoms with van der Waals surface area (Å²) in [6.45, 7) is 7.35. The van der Waals surface area contributed by atoms with Gasteiger partial charge in [0.15, 0.2) is 11.6 Å². The van der Waals surface area contributed by atoms with Crippen LogP contribution in [0, 0.1) is 0 Å². The van der Waals surface area contributed by atoms with Crippen LogP contribution in [0.5, 0.6) is 0 Å². The van der Waals surface area contributed by atoms with E-state index in [1.54, 1.807) is 33.8 Å². The van der Waals surface area contributed by atoms with E-state index in [1.165, 1.54) is 4.90 Å². The zero-order chi connectivity index (χ0) is 15.1. The molecule has 0 spiro atoms. The second kappa shape index (κ2) is 4.89. The van der Waals surface area contributed by atoms with Crippen LogP contribution in [-0.2, 0) is 14.3 Å². The molecule has 0 fully saturated rings. The number of ether oxygens (including phenoxy) is 1. The fourth-order valence-corrected chi connectivity index (χ4v) is 2.47. The van der Waals surface area contributed by atoms with Crippen molar-refractivity contribution in [3.05, 3.63) is 22.9 Å². The van der Waals surface area contributed by atoms with Gasteiger partial charge in [-0.3, -0.25) is 14.5 Å². The van der Waals surface area contributed by atoms with Gasteiger partial charge in [-0.25, -0.2) is 4.79 Å². The standard InChI is InChI=1S/C15H19NO4/c1-5-9-12(18)8-10-13(9)11(17)6-7-16(10)14(19)20-15(2,3)4/h5H,6-8H2,1-4H3/b9-5+. The third kappa shape index (κ3) is 2.53. The largest absolute Gasteiger partial charge is 0.443 e. The summed E-state index contributed by atoms with van der Waals surface area (Å²) in [5.74, 6) is -0.180. The Morgan fingerprint density at radius 3 is 2.45 bits per heavy atom. The van der Waals surface area contributed by atoms with Crippen LogP contribution in [0.3, 0.4) is 0 Å². The Hall–Kier alpha value is -1.91. The summed E-state index contributed by atoms with van der Waals surface area (Å²) >= 11 is 0. The number of nitrogens with zero attached hydrogens (tertiary/aromatic N) is 1. The summed E-state index contributed by atoms with van der Waals surface area (Å²) in [6, 6.07) is 0. The van der Waals surface area contributed by atoms with E-state index < -0.39 is 11.7 Å². The third-order valence-electron chi connectivity index (χ3n) is 3.26. The topological polar surface area (TPSA) is 63.7 Å². The van der Waals surface area contributed by atoms with Crippen molar-refractivity contribution in [2.75, 3.05) is 6.54 Å². The smallest absolute Gasteiger partial charge is 0.414 e. The van der Waals surface area contributed by atoms with Crippen LogP contribution in [0.15, 0.2) is 22.9 Å². The highest BCUT2D eigenvalue weighted by molar-refractivity contribution is 6.18. The summed E-state index contributed by atoms with van der Waals surface area (Å²) < 4.78 is 5.34. The molecule has 1 amide bonds. The van der Waals surface area contributed by atoms with Gasteiger partial charge in [0.05, 0.1) is 6.42 Å². The molecular formula is C15H19NO4. The summed E-state index contributed by atoms with van der Waals surface area (Å²) in [5, 5.41) is 0. The minimum atomic E-state index is -0.606. The molecule has 0 atom stereocenters. The number of hydrogen-bond acceptors (Lipinski definition) is 4. The van der Waals surface area contributed by atoms with Crippen LogP contribution in [-0.4, -0.2) is 34.7 Å². The highest BCUT2D eigenvalue weighted by atomic mass is 16.6. The predicted octanol–water partition coefficient (Wildman–Crippen LogP) is 2.37. The molecule has 0 bridgehead atoms. The fourth-order valence-electron chi connectivity index (χ4n) is 2.47. The van der Waals surface area contributed by atoms with Gasteiger partial charge in [0, 0.05) is 29.8 Å². The monoisotopic (exact) mass is 277 g/mol. The van der Waals surface area contributed by atoms with Gasteiger partial charge in [-0.1, -0.05) is 6.08 Å². The van der Waals surface area contributed by atoms with Crippen molar-refractivity contribution in [3.63, 3.8) is 0 Å². The van der Waals surface area contributed by atoms with Gasteiger partial charge in [0.25, 0.3) is 0 Å². The van der Waals surface area contributed by atoms with Gasteiger partial charge >= 0.3 is 6.09 Å². The second-order valence-corrected chi connectivity index (χ2v) is 5.93. The SMILES string of the molecule is C/C=C1\C(=O)CC2=C1C(=O)CCN2C(=O)OC(C)(C)C. The lowest BCUT2D eigenvalue weighted by molar-refractivity contribution is -0.117. The quantitative estimate of drug-likeness (QED) is 0.638. The van der Waals surface area contributed by atoms with E-state index in [-0.39, 0.29) is 31.0 Å². The molecule has 0 saturated carbocycles. The molecule has 0 N–H and O–H groups in total. The van der Waals surface area contributed by atoms with Crippen molar-refractivity contribution >= 4 is 17.7 Å². The third-order valence-corrected chi connectivity index (χ3v) is 3.26. The molecule has 0 aromatic rings. The van der Waals surface area contributed by atoms with E-state index in [1.807, 2.05) is 0 Å². The molecule has 1 aliphatic heterocycles. The lowest BCUT2D eigenvalue weighted by Crippen LogP contribution is -2.40. The first-order chi connectivity index (χ1) is 9.24. The maximum atomic E-state index is 12.2. The Bertz CT molecular complexity index is 549. The number of carbonyl (C=O) groups excluding carboxylic acids is 3. The molecule has 0 aromatic carbocycles. The van der Waals surface area contributed by atoms with Crippen molar-refractivity contribution in [1.29, 1.82) is 0 Å². The van der Waals surface area contributed by atoms with Gasteiger partial charge < -0.3 is 4.74 Å². The number of amides is 1. The van der Waals surface area contributed by atoms with Gasteiger partial charge in [-0.05, 0) is 27.7 Å². The normalized spacial score (nSPS) is 21.6. The number of hydrogen-bond donors (Lipinski definition) is 0. The Morgan fingerprint density at radius 1 is 1.25 bits per heavy atom. The van der Waals surface area contributed by atoms with Crippen LogP contribution >= 0.6 is 0 Å². The van der Waals surface area contributed by atoms with Crippen molar-refractivity contribution in [1.82, 2.24) is 4.90 Å². The van der Waals surface area contributed by atoms with Gasteiger partial charge in [0.2, 0.25) is 0 Å². The molecule has 108 valence electrons. The molecule has 0 aromatic heterocycles. The maximum absolute atomic E-state index is 12.2. The predicted molar refractivity (Wildman–Crippen MR) is 73.0 cm³/mol. The zero-order valence-corrected chi connectivity index (χ0v) is 12.3. The number of carbonyl (C=O) groups is 3. The number of Topliss-reactive ketones (excluding diaryl/α,β-unsaturated/α-hetero) is 2. The second-order valence-electron chi connectivity index (χ2n) is 5.93. The van der Waals surface area contributed by atoms with E-state index in [0.29, 0.717) is 16.8 Å². The fraction of sp³-hybridized carbons (Fsp3) is 0.533. The Balaban J connectivity index is 2.36. The van der Waals surface area contributed by atoms with Crippen LogP contribution < -0.4 is 0 Å². The minimum absolute atomic E-state index is 0.0706. The number of ketones is 2. The molecule has 0 saturated heterocycles. The van der Waals surface area contributed by atoms with Crippen molar-refractivity contribution in [3.8, 4) is 0 Å². The van der Waals surface area contributed by atoms with E-state index in [4.69, 9.17) is 4.74 Å². The van der Waals surface area contributed by atoms with Crippen molar-refractivity contribution in [2.45, 2.75) is 46.1 Å². The van der Waals surface area contributed by atoms with E-state index in [0.717, 1.165) is 0 Å². The van der Waals surface area contributed by atoms with E-state index in [2.05, 4.69) is 0 Å². The first kappa shape index (κ1) is 14.5. The van der Waals surface area contributed by atoms with Crippen LogP contribution in [0.1, 0.15) is 40.5 Å². The van der Waals surface area contributed by atoms with Crippen LogP contribution in [0.4, 0.5) is 4.79 Å². The van der Waals surface area contributed by atoms with Gasteiger partial charge in [-0.2, -0.15) is 0 Å². The highest BCUT2D eigenvalue weighted by Gasteiger charge is 2.40. The lowest BCUT2D eigenvalue weighted by atomic mass is 9.98. The Morgan fingerprint density at radius 2 is 1.90 bits per heavy atom. The molecule has 5 nitrogen and oxygen atoms in total. The molecule has 5 heteroatoms. The molecule has 2 rings (SSSR count). The summed E-state index contributed by atoms with van der Waals surface area (Å²) in [5.41, 5.74) is 0.715. The molecule has 0 radical (unpaired) electrons. The van der Waals surface area contributed by atoms with Gasteiger partial charge in [0.1, 0.15) is 5.60 Å². The average molecular weight is 277 g/mol. The molecule has 0 unspecified atom stereocenters. The molecule has 20 heavy (non-hydrogen) atoms. The maximum Gasteiger partial charge on any atom is 0.414 e. The molecular weight excluding hydrogens is 258 g/mol. The average Bonchev–Trinajstić information content (AvgIpc) is 2.64. The minimum Gasteiger partial charge on any atom is -0.443 e. The van der Waals surface area contributed by atoms with Crippen LogP contribution in [0.25, 0.3) is 0 Å². The van der Waals surface area contributed by atoms with Crippen molar-refractivity contribution < 1.29 is 19.1 Å². The summed E-state index contributed by atoms with van der Waals surface area (Å²) in [7, 11) is 0. The van der Waals surface area contributed by atoms with Crippen molar-refractivity contribution in [2.24, 2.45) is 0 Å². The van der Waals surface area contributed by atoms with Crippen LogP contribution in [0.2, 0.25) is 0 Å². The van der Waals surface area contributed by atoms with Gasteiger partial charge in [-0.15, -0.1) is 0 Å². The molecule has 2 aliphatic rings. The zero-order valence-electron chi connectivity index (χ0n) is 12.3. The first-order valence-corrected chi connectivity index (χ1v) is 6.71. The Labute approximate surface area is 118 Å². The summed E-state index contributed by atoms with van der Waals surface area (Å²) in [6.07, 6.45) is 1.46. The lowest BCUT2D eigenvalue weighted by Gasteiger charge is -2.30. The molecule has 1 heterocycles. The first-order valence-electron chi connectivity index (χ1n) is 6.71. The summed E-state index contributed by atoms with van der Waals surface area (Å²) in [4.78, 5) is 37.6. The molecule has 1 aliphatic carbocycles. The number of rotatable bonds is 0. The Kier molecular flexibility index (Phi) is 3.54. The number of allylic oxidation sites excluding steroid dienone is 4.